The van der Waals surface area contributed by atoms with Crippen LogP contribution in [0.15, 0.2) is 206 Å². The third-order valence-corrected chi connectivity index (χ3v) is 11.9. The molecule has 2 heteroatoms. The van der Waals surface area contributed by atoms with Crippen LogP contribution in [-0.2, 0) is 0 Å². The molecule has 2 aromatic heterocycles. The van der Waals surface area contributed by atoms with E-state index in [-0.39, 0.29) is 0 Å². The molecule has 0 atom stereocenters. The standard InChI is InChI=1S/C55H34N2/c1-3-14-37-30-42(26-24-35(37)12-1)53-45-19-6-7-20-46(45)54(43-27-25-36-13-2-4-15-38(36)31-43)48-33-40(28-29-47(48)53)39-17-11-18-44(32-39)55-52-34-41-16-5-9-22-50(41)57(52)51-23-10-8-21-49(51)56-55/h1-34H. The van der Waals surface area contributed by atoms with Crippen LogP contribution >= 0.6 is 0 Å². The first-order valence-electron chi connectivity index (χ1n) is 19.6. The summed E-state index contributed by atoms with van der Waals surface area (Å²) in [6.07, 6.45) is 0. The van der Waals surface area contributed by atoms with E-state index in [2.05, 4.69) is 211 Å². The molecule has 0 aliphatic carbocycles. The number of aromatic nitrogens is 2. The molecule has 264 valence electrons. The Hall–Kier alpha value is -7.55. The molecule has 12 rings (SSSR count). The molecular weight excluding hydrogens is 689 g/mol. The van der Waals surface area contributed by atoms with Crippen LogP contribution in [0.4, 0.5) is 0 Å². The molecule has 0 bridgehead atoms. The number of fused-ring (bicyclic) bond motifs is 9. The fourth-order valence-corrected chi connectivity index (χ4v) is 9.24. The minimum Gasteiger partial charge on any atom is -0.306 e. The van der Waals surface area contributed by atoms with Crippen molar-refractivity contribution in [2.45, 2.75) is 0 Å². The van der Waals surface area contributed by atoms with E-state index < -0.39 is 0 Å². The van der Waals surface area contributed by atoms with E-state index >= 15 is 0 Å². The van der Waals surface area contributed by atoms with Gasteiger partial charge in [0.25, 0.3) is 0 Å². The second kappa shape index (κ2) is 12.5. The highest BCUT2D eigenvalue weighted by atomic mass is 14.9. The van der Waals surface area contributed by atoms with E-state index in [1.54, 1.807) is 0 Å². The van der Waals surface area contributed by atoms with Crippen LogP contribution in [0.3, 0.4) is 0 Å². The molecule has 0 spiro atoms. The SMILES string of the molecule is c1cc(-c2ccc3c(-c4ccc5ccccc5c4)c4ccccc4c(-c4ccc5ccccc5c4)c3c2)cc(-c2nc3ccccc3n3c2cc2ccccc23)c1. The van der Waals surface area contributed by atoms with Gasteiger partial charge < -0.3 is 4.40 Å². The van der Waals surface area contributed by atoms with Crippen molar-refractivity contribution in [3.05, 3.63) is 206 Å². The Bertz CT molecular complexity index is 3590. The Morgan fingerprint density at radius 3 is 1.53 bits per heavy atom. The molecule has 0 aliphatic heterocycles. The van der Waals surface area contributed by atoms with Crippen LogP contribution in [0, 0.1) is 0 Å². The van der Waals surface area contributed by atoms with E-state index in [1.807, 2.05) is 0 Å². The van der Waals surface area contributed by atoms with Crippen molar-refractivity contribution < 1.29 is 0 Å². The highest BCUT2D eigenvalue weighted by Crippen LogP contribution is 2.46. The second-order valence-electron chi connectivity index (χ2n) is 15.1. The van der Waals surface area contributed by atoms with Gasteiger partial charge in [-0.1, -0.05) is 158 Å². The van der Waals surface area contributed by atoms with Crippen molar-refractivity contribution in [2.75, 3.05) is 0 Å². The summed E-state index contributed by atoms with van der Waals surface area (Å²) in [7, 11) is 0. The third kappa shape index (κ3) is 5.01. The fraction of sp³-hybridized carbons (Fsp3) is 0. The summed E-state index contributed by atoms with van der Waals surface area (Å²) in [5.41, 5.74) is 13.7. The van der Waals surface area contributed by atoms with Crippen molar-refractivity contribution >= 4 is 70.5 Å². The molecule has 2 nitrogen and oxygen atoms in total. The number of para-hydroxylation sites is 3. The third-order valence-electron chi connectivity index (χ3n) is 11.9. The maximum Gasteiger partial charge on any atom is 0.0951 e. The number of nitrogens with zero attached hydrogens (tertiary/aromatic N) is 2. The number of benzene rings is 10. The molecule has 0 saturated heterocycles. The maximum absolute atomic E-state index is 5.31. The largest absolute Gasteiger partial charge is 0.306 e. The Kier molecular flexibility index (Phi) is 6.96. The summed E-state index contributed by atoms with van der Waals surface area (Å²) in [5.74, 6) is 0. The number of rotatable bonds is 4. The smallest absolute Gasteiger partial charge is 0.0951 e. The molecule has 0 N–H and O–H groups in total. The van der Waals surface area contributed by atoms with Gasteiger partial charge in [0.05, 0.1) is 27.8 Å². The van der Waals surface area contributed by atoms with Crippen LogP contribution in [0.2, 0.25) is 0 Å². The molecule has 12 aromatic rings. The fourth-order valence-electron chi connectivity index (χ4n) is 9.24. The van der Waals surface area contributed by atoms with Gasteiger partial charge in [-0.2, -0.15) is 0 Å². The normalized spacial score (nSPS) is 11.9. The molecule has 57 heavy (non-hydrogen) atoms. The molecule has 0 unspecified atom stereocenters. The summed E-state index contributed by atoms with van der Waals surface area (Å²) >= 11 is 0. The van der Waals surface area contributed by atoms with Crippen LogP contribution in [0.25, 0.3) is 115 Å². The van der Waals surface area contributed by atoms with Crippen molar-refractivity contribution in [1.29, 1.82) is 0 Å². The van der Waals surface area contributed by atoms with E-state index in [9.17, 15) is 0 Å². The molecule has 0 amide bonds. The average molecular weight is 723 g/mol. The quantitative estimate of drug-likeness (QED) is 0.165. The maximum atomic E-state index is 5.31. The summed E-state index contributed by atoms with van der Waals surface area (Å²) in [5, 5.41) is 11.2. The van der Waals surface area contributed by atoms with E-state index in [0.717, 1.165) is 33.4 Å². The van der Waals surface area contributed by atoms with Crippen LogP contribution < -0.4 is 0 Å². The van der Waals surface area contributed by atoms with Gasteiger partial charge in [0.15, 0.2) is 0 Å². The lowest BCUT2D eigenvalue weighted by atomic mass is 9.84. The van der Waals surface area contributed by atoms with Gasteiger partial charge in [-0.3, -0.25) is 0 Å². The number of hydrogen-bond acceptors (Lipinski definition) is 1. The lowest BCUT2D eigenvalue weighted by Gasteiger charge is -2.19. The first-order chi connectivity index (χ1) is 28.2. The first-order valence-corrected chi connectivity index (χ1v) is 19.6. The Balaban J connectivity index is 1.12. The van der Waals surface area contributed by atoms with Gasteiger partial charge in [0.1, 0.15) is 0 Å². The molecule has 0 saturated carbocycles. The average Bonchev–Trinajstić information content (AvgIpc) is 3.67. The topological polar surface area (TPSA) is 17.3 Å². The van der Waals surface area contributed by atoms with E-state index in [0.29, 0.717) is 0 Å². The lowest BCUT2D eigenvalue weighted by molar-refractivity contribution is 1.27. The van der Waals surface area contributed by atoms with Crippen molar-refractivity contribution in [3.63, 3.8) is 0 Å². The zero-order valence-electron chi connectivity index (χ0n) is 31.0. The molecule has 0 radical (unpaired) electrons. The summed E-state index contributed by atoms with van der Waals surface area (Å²) in [6.45, 7) is 0. The van der Waals surface area contributed by atoms with Gasteiger partial charge >= 0.3 is 0 Å². The highest BCUT2D eigenvalue weighted by molar-refractivity contribution is 6.22. The van der Waals surface area contributed by atoms with Crippen molar-refractivity contribution in [2.24, 2.45) is 0 Å². The van der Waals surface area contributed by atoms with E-state index in [4.69, 9.17) is 4.98 Å². The van der Waals surface area contributed by atoms with Crippen LogP contribution in [0.1, 0.15) is 0 Å². The van der Waals surface area contributed by atoms with Gasteiger partial charge in [-0.15, -0.1) is 0 Å². The predicted molar refractivity (Wildman–Crippen MR) is 242 cm³/mol. The van der Waals surface area contributed by atoms with Crippen molar-refractivity contribution in [1.82, 2.24) is 9.38 Å². The van der Waals surface area contributed by atoms with Crippen molar-refractivity contribution in [3.8, 4) is 44.6 Å². The predicted octanol–water partition coefficient (Wildman–Crippen LogP) is 14.9. The van der Waals surface area contributed by atoms with Gasteiger partial charge in [-0.05, 0) is 125 Å². The second-order valence-corrected chi connectivity index (χ2v) is 15.1. The first kappa shape index (κ1) is 31.8. The van der Waals surface area contributed by atoms with Gasteiger partial charge in [-0.25, -0.2) is 4.98 Å². The summed E-state index contributed by atoms with van der Waals surface area (Å²) in [4.78, 5) is 5.31. The Labute approximate surface area is 329 Å². The minimum absolute atomic E-state index is 0.977. The Morgan fingerprint density at radius 2 is 0.807 bits per heavy atom. The molecule has 2 heterocycles. The molecule has 10 aromatic carbocycles. The minimum atomic E-state index is 0.977. The zero-order valence-corrected chi connectivity index (χ0v) is 31.0. The highest BCUT2D eigenvalue weighted by Gasteiger charge is 2.19. The van der Waals surface area contributed by atoms with E-state index in [1.165, 1.54) is 81.8 Å². The molecule has 0 fully saturated rings. The zero-order chi connectivity index (χ0) is 37.5. The van der Waals surface area contributed by atoms with Crippen LogP contribution in [0.5, 0.6) is 0 Å². The lowest BCUT2D eigenvalue weighted by Crippen LogP contribution is -1.95. The monoisotopic (exact) mass is 722 g/mol. The Morgan fingerprint density at radius 1 is 0.281 bits per heavy atom. The summed E-state index contributed by atoms with van der Waals surface area (Å²) < 4.78 is 2.37. The van der Waals surface area contributed by atoms with Gasteiger partial charge in [0, 0.05) is 10.9 Å². The van der Waals surface area contributed by atoms with Gasteiger partial charge in [0.2, 0.25) is 0 Å². The molecular formula is C55H34N2. The summed E-state index contributed by atoms with van der Waals surface area (Å²) in [6, 6.07) is 75.4. The molecule has 0 aliphatic rings. The van der Waals surface area contributed by atoms with Crippen LogP contribution in [-0.4, -0.2) is 9.38 Å². The number of hydrogen-bond donors (Lipinski definition) is 0.